The number of amides is 1. The lowest BCUT2D eigenvalue weighted by atomic mass is 9.91. The average Bonchev–Trinajstić information content (AvgIpc) is 3.24. The lowest BCUT2D eigenvalue weighted by Gasteiger charge is -2.41. The van der Waals surface area contributed by atoms with E-state index >= 15 is 0 Å². The number of rotatable bonds is 3. The van der Waals surface area contributed by atoms with Crippen LogP contribution in [0.15, 0.2) is 18.5 Å². The molecule has 0 aliphatic carbocycles. The largest absolute Gasteiger partial charge is 0.308 e. The summed E-state index contributed by atoms with van der Waals surface area (Å²) in [6.45, 7) is 4.74. The van der Waals surface area contributed by atoms with Crippen molar-refractivity contribution >= 4 is 11.6 Å². The number of piperidine rings is 2. The highest BCUT2D eigenvalue weighted by molar-refractivity contribution is 5.97. The topological polar surface area (TPSA) is 70.1 Å². The first-order chi connectivity index (χ1) is 12.1. The Bertz CT molecular complexity index is 750. The summed E-state index contributed by atoms with van der Waals surface area (Å²) in [7, 11) is 1.89. The molecule has 0 unspecified atom stereocenters. The summed E-state index contributed by atoms with van der Waals surface area (Å²) in [6, 6.07) is 2.12. The van der Waals surface area contributed by atoms with E-state index in [0.717, 1.165) is 62.4 Å². The van der Waals surface area contributed by atoms with Gasteiger partial charge in [-0.1, -0.05) is 0 Å². The van der Waals surface area contributed by atoms with Gasteiger partial charge < -0.3 is 4.90 Å². The Hall–Kier alpha value is -2.15. The smallest absolute Gasteiger partial charge is 0.244 e. The van der Waals surface area contributed by atoms with E-state index in [0.29, 0.717) is 5.92 Å². The molecule has 4 heterocycles. The molecule has 7 nitrogen and oxygen atoms in total. The molecule has 2 aromatic heterocycles. The molecule has 2 aromatic rings. The van der Waals surface area contributed by atoms with Gasteiger partial charge in [0.1, 0.15) is 0 Å². The maximum absolute atomic E-state index is 13.1. The van der Waals surface area contributed by atoms with Crippen molar-refractivity contribution in [1.82, 2.24) is 24.9 Å². The highest BCUT2D eigenvalue weighted by Crippen LogP contribution is 2.30. The number of likely N-dealkylation sites (tertiary alicyclic amines) is 1. The maximum atomic E-state index is 13.1. The van der Waals surface area contributed by atoms with Gasteiger partial charge in [-0.3, -0.25) is 19.5 Å². The average molecular weight is 342 g/mol. The fourth-order valence-corrected chi connectivity index (χ4v) is 4.18. The fraction of sp³-hybridized carbons (Fsp3) is 0.611. The molecule has 2 aliphatic heterocycles. The Morgan fingerprint density at radius 3 is 2.80 bits per heavy atom. The summed E-state index contributed by atoms with van der Waals surface area (Å²) >= 11 is 0. The van der Waals surface area contributed by atoms with Crippen LogP contribution >= 0.6 is 0 Å². The third-order valence-corrected chi connectivity index (χ3v) is 5.45. The highest BCUT2D eigenvalue weighted by Gasteiger charge is 2.37. The van der Waals surface area contributed by atoms with Crippen LogP contribution in [0.1, 0.15) is 43.0 Å². The molecule has 1 amide bonds. The van der Waals surface area contributed by atoms with E-state index in [1.54, 1.807) is 10.9 Å². The molecule has 2 fully saturated rings. The van der Waals surface area contributed by atoms with E-state index in [1.165, 1.54) is 0 Å². The van der Waals surface area contributed by atoms with Crippen molar-refractivity contribution in [3.63, 3.8) is 0 Å². The number of anilines is 1. The molecule has 1 N–H and O–H groups in total. The monoisotopic (exact) mass is 342 g/mol. The van der Waals surface area contributed by atoms with Gasteiger partial charge in [-0.2, -0.15) is 10.2 Å². The van der Waals surface area contributed by atoms with Crippen molar-refractivity contribution in [2.45, 2.75) is 44.6 Å². The van der Waals surface area contributed by atoms with Crippen LogP contribution in [-0.2, 0) is 11.8 Å². The lowest BCUT2D eigenvalue weighted by molar-refractivity contribution is -0.125. The first-order valence-electron chi connectivity index (χ1n) is 9.18. The molecule has 4 rings (SSSR count). The maximum Gasteiger partial charge on any atom is 0.244 e. The Morgan fingerprint density at radius 2 is 2.08 bits per heavy atom. The van der Waals surface area contributed by atoms with E-state index in [4.69, 9.17) is 0 Å². The van der Waals surface area contributed by atoms with Crippen LogP contribution in [-0.4, -0.2) is 56.5 Å². The molecule has 25 heavy (non-hydrogen) atoms. The highest BCUT2D eigenvalue weighted by atomic mass is 16.2. The number of carbonyl (C=O) groups excluding carboxylic acids is 1. The van der Waals surface area contributed by atoms with Gasteiger partial charge in [-0.05, 0) is 45.2 Å². The van der Waals surface area contributed by atoms with E-state index in [2.05, 4.69) is 26.3 Å². The second-order valence-corrected chi connectivity index (χ2v) is 7.33. The Balaban J connectivity index is 1.49. The number of H-pyrrole nitrogens is 1. The van der Waals surface area contributed by atoms with Gasteiger partial charge in [-0.25, -0.2) is 0 Å². The van der Waals surface area contributed by atoms with Gasteiger partial charge >= 0.3 is 0 Å². The SMILES string of the molecule is Cc1cc([C@@H]2CCCN([C@@H]3CCCN(c4cnn(C)c4)C3=O)C2)n[nH]1. The van der Waals surface area contributed by atoms with Gasteiger partial charge in [0.15, 0.2) is 0 Å². The molecular formula is C18H26N6O. The van der Waals surface area contributed by atoms with Crippen LogP contribution in [0.4, 0.5) is 5.69 Å². The van der Waals surface area contributed by atoms with Crippen LogP contribution in [0.2, 0.25) is 0 Å². The van der Waals surface area contributed by atoms with Gasteiger partial charge in [-0.15, -0.1) is 0 Å². The van der Waals surface area contributed by atoms with E-state index in [1.807, 2.05) is 25.1 Å². The Kier molecular flexibility index (Phi) is 4.33. The van der Waals surface area contributed by atoms with Crippen LogP contribution in [0.5, 0.6) is 0 Å². The van der Waals surface area contributed by atoms with Crippen molar-refractivity contribution < 1.29 is 4.79 Å². The van der Waals surface area contributed by atoms with Crippen molar-refractivity contribution in [3.8, 4) is 0 Å². The third-order valence-electron chi connectivity index (χ3n) is 5.45. The van der Waals surface area contributed by atoms with Gasteiger partial charge in [0.05, 0.1) is 23.6 Å². The third kappa shape index (κ3) is 3.20. The molecule has 2 saturated heterocycles. The normalized spacial score (nSPS) is 25.5. The molecule has 0 spiro atoms. The summed E-state index contributed by atoms with van der Waals surface area (Å²) in [4.78, 5) is 17.4. The fourth-order valence-electron chi connectivity index (χ4n) is 4.18. The molecule has 0 aromatic carbocycles. The summed E-state index contributed by atoms with van der Waals surface area (Å²) in [5, 5.41) is 11.7. The molecule has 7 heteroatoms. The summed E-state index contributed by atoms with van der Waals surface area (Å²) in [6.07, 6.45) is 7.95. The van der Waals surface area contributed by atoms with E-state index in [9.17, 15) is 4.79 Å². The first-order valence-corrected chi connectivity index (χ1v) is 9.18. The zero-order valence-corrected chi connectivity index (χ0v) is 15.0. The molecule has 0 saturated carbocycles. The number of hydrogen-bond donors (Lipinski definition) is 1. The molecule has 2 atom stereocenters. The predicted octanol–water partition coefficient (Wildman–Crippen LogP) is 1.83. The minimum Gasteiger partial charge on any atom is -0.308 e. The second-order valence-electron chi connectivity index (χ2n) is 7.33. The number of nitrogens with one attached hydrogen (secondary N) is 1. The Labute approximate surface area is 148 Å². The number of aromatic nitrogens is 4. The molecule has 0 bridgehead atoms. The first kappa shape index (κ1) is 16.3. The van der Waals surface area contributed by atoms with Gasteiger partial charge in [0.2, 0.25) is 5.91 Å². The summed E-state index contributed by atoms with van der Waals surface area (Å²) in [5.74, 6) is 0.637. The summed E-state index contributed by atoms with van der Waals surface area (Å²) in [5.41, 5.74) is 3.15. The van der Waals surface area contributed by atoms with E-state index in [-0.39, 0.29) is 11.9 Å². The number of hydrogen-bond acceptors (Lipinski definition) is 4. The van der Waals surface area contributed by atoms with Crippen LogP contribution < -0.4 is 4.90 Å². The number of aromatic amines is 1. The van der Waals surface area contributed by atoms with Crippen molar-refractivity contribution in [3.05, 3.63) is 29.8 Å². The van der Waals surface area contributed by atoms with Crippen LogP contribution in [0.25, 0.3) is 0 Å². The van der Waals surface area contributed by atoms with Crippen LogP contribution in [0.3, 0.4) is 0 Å². The van der Waals surface area contributed by atoms with Gasteiger partial charge in [0, 0.05) is 37.9 Å². The van der Waals surface area contributed by atoms with Crippen molar-refractivity contribution in [2.24, 2.45) is 7.05 Å². The van der Waals surface area contributed by atoms with Crippen LogP contribution in [0, 0.1) is 6.92 Å². The number of nitrogens with zero attached hydrogens (tertiary/aromatic N) is 5. The van der Waals surface area contributed by atoms with Crippen molar-refractivity contribution in [1.29, 1.82) is 0 Å². The number of aryl methyl sites for hydroxylation is 2. The molecule has 0 radical (unpaired) electrons. The minimum atomic E-state index is -0.0169. The number of carbonyl (C=O) groups is 1. The molecule has 134 valence electrons. The lowest BCUT2D eigenvalue weighted by Crippen LogP contribution is -2.54. The second kappa shape index (κ2) is 6.63. The zero-order valence-electron chi connectivity index (χ0n) is 15.0. The minimum absolute atomic E-state index is 0.0169. The van der Waals surface area contributed by atoms with E-state index < -0.39 is 0 Å². The standard InChI is InChI=1S/C18H26N6O/c1-13-9-16(21-20-13)14-5-3-7-23(11-14)17-6-4-8-24(18(17)25)15-10-19-22(2)12-15/h9-10,12,14,17H,3-8,11H2,1-2H3,(H,20,21)/t14-,17-/m1/s1. The quantitative estimate of drug-likeness (QED) is 0.924. The summed E-state index contributed by atoms with van der Waals surface area (Å²) < 4.78 is 1.75. The predicted molar refractivity (Wildman–Crippen MR) is 95.5 cm³/mol. The van der Waals surface area contributed by atoms with Gasteiger partial charge in [0.25, 0.3) is 0 Å². The molecular weight excluding hydrogens is 316 g/mol. The Morgan fingerprint density at radius 1 is 1.24 bits per heavy atom. The van der Waals surface area contributed by atoms with Crippen molar-refractivity contribution in [2.75, 3.05) is 24.5 Å². The molecule has 2 aliphatic rings. The zero-order chi connectivity index (χ0) is 17.4.